The number of aromatic nitrogens is 1. The number of pyridine rings is 1. The van der Waals surface area contributed by atoms with Gasteiger partial charge >= 0.3 is 39.8 Å². The molecule has 0 aliphatic rings. The Morgan fingerprint density at radius 3 is 1.44 bits per heavy atom. The van der Waals surface area contributed by atoms with Gasteiger partial charge in [0.2, 0.25) is 0 Å². The molecule has 178 valence electrons. The van der Waals surface area contributed by atoms with Crippen LogP contribution in [0.4, 0.5) is 26.3 Å². The Kier molecular flexibility index (Phi) is 6.89. The third-order valence-corrected chi connectivity index (χ3v) is 10.8. The molecular formula is C16H15F6NO6S2Si. The van der Waals surface area contributed by atoms with Gasteiger partial charge in [-0.05, 0) is 32.9 Å². The molecule has 0 N–H and O–H groups in total. The average Bonchev–Trinajstić information content (AvgIpc) is 2.58. The fraction of sp³-hybridized carbons (Fsp3) is 0.312. The van der Waals surface area contributed by atoms with Gasteiger partial charge in [-0.25, -0.2) is 0 Å². The second-order valence-electron chi connectivity index (χ2n) is 6.59. The topological polar surface area (TPSA) is 99.6 Å². The molecule has 0 bridgehead atoms. The van der Waals surface area contributed by atoms with E-state index in [1.54, 1.807) is 0 Å². The van der Waals surface area contributed by atoms with Crippen LogP contribution in [-0.4, -0.2) is 41.4 Å². The van der Waals surface area contributed by atoms with Crippen LogP contribution in [-0.2, 0) is 28.0 Å². The van der Waals surface area contributed by atoms with Crippen molar-refractivity contribution in [3.63, 3.8) is 0 Å². The largest absolute Gasteiger partial charge is 0.522 e. The third kappa shape index (κ3) is 5.30. The fourth-order valence-corrected chi connectivity index (χ4v) is 9.44. The first-order valence-electron chi connectivity index (χ1n) is 8.37. The molecule has 0 saturated heterocycles. The van der Waals surface area contributed by atoms with Crippen LogP contribution in [0.5, 0.6) is 0 Å². The van der Waals surface area contributed by atoms with E-state index < -0.39 is 50.2 Å². The SMILES string of the molecule is Cc1ccc([Si](OS(=O)(=O)C(F)(F)F)(OS(=O)(=O)C(F)(F)F)c2cc(C)nc(C)c2)cc1. The van der Waals surface area contributed by atoms with Crippen LogP contribution in [0.2, 0.25) is 0 Å². The number of hydrogen-bond acceptors (Lipinski definition) is 7. The molecule has 2 rings (SSSR count). The van der Waals surface area contributed by atoms with Crippen LogP contribution in [0.25, 0.3) is 0 Å². The lowest BCUT2D eigenvalue weighted by Crippen LogP contribution is -2.66. The second-order valence-corrected chi connectivity index (χ2v) is 13.1. The molecule has 0 radical (unpaired) electrons. The molecule has 0 saturated carbocycles. The minimum atomic E-state index is -6.62. The lowest BCUT2D eigenvalue weighted by Gasteiger charge is -2.30. The molecule has 0 aliphatic heterocycles. The first kappa shape index (κ1) is 26.2. The van der Waals surface area contributed by atoms with Gasteiger partial charge < -0.3 is 0 Å². The van der Waals surface area contributed by atoms with Crippen molar-refractivity contribution in [1.82, 2.24) is 4.98 Å². The minimum Gasteiger partial charge on any atom is -0.267 e. The highest BCUT2D eigenvalue weighted by Crippen LogP contribution is 2.32. The standard InChI is InChI=1S/C16H15F6NO6S2Si/c1-10-4-6-13(7-5-10)32(28-30(24,25)15(17,18)19,29-31(26,27)16(20,21)22)14-8-11(2)23-12(3)9-14/h4-9H,1-3H3. The summed E-state index contributed by atoms with van der Waals surface area (Å²) < 4.78 is 135. The molecule has 1 aromatic carbocycles. The Bertz CT molecular complexity index is 1140. The van der Waals surface area contributed by atoms with E-state index in [9.17, 15) is 43.2 Å². The zero-order chi connectivity index (χ0) is 24.8. The Morgan fingerprint density at radius 2 is 1.09 bits per heavy atom. The van der Waals surface area contributed by atoms with Gasteiger partial charge in [0.15, 0.2) is 0 Å². The van der Waals surface area contributed by atoms with Crippen LogP contribution >= 0.6 is 0 Å². The highest BCUT2D eigenvalue weighted by atomic mass is 32.2. The first-order chi connectivity index (χ1) is 14.3. The number of rotatable bonds is 6. The predicted octanol–water partition coefficient (Wildman–Crippen LogP) is 2.30. The van der Waals surface area contributed by atoms with Gasteiger partial charge in [0.25, 0.3) is 0 Å². The molecule has 2 aromatic rings. The van der Waals surface area contributed by atoms with Crippen molar-refractivity contribution in [1.29, 1.82) is 0 Å². The lowest BCUT2D eigenvalue weighted by molar-refractivity contribution is -0.0527. The molecule has 0 amide bonds. The summed E-state index contributed by atoms with van der Waals surface area (Å²) in [5.74, 6) is 0. The Morgan fingerprint density at radius 1 is 0.719 bits per heavy atom. The highest BCUT2D eigenvalue weighted by molar-refractivity contribution is 7.90. The van der Waals surface area contributed by atoms with Crippen molar-refractivity contribution in [2.45, 2.75) is 31.8 Å². The zero-order valence-corrected chi connectivity index (χ0v) is 19.1. The van der Waals surface area contributed by atoms with Crippen LogP contribution in [0.3, 0.4) is 0 Å². The van der Waals surface area contributed by atoms with Crippen LogP contribution in [0, 0.1) is 20.8 Å². The smallest absolute Gasteiger partial charge is 0.267 e. The molecule has 0 spiro atoms. The highest BCUT2D eigenvalue weighted by Gasteiger charge is 2.61. The van der Waals surface area contributed by atoms with Crippen molar-refractivity contribution >= 4 is 39.2 Å². The Hall–Kier alpha value is -2.01. The summed E-state index contributed by atoms with van der Waals surface area (Å²) in [5.41, 5.74) is -11.6. The summed E-state index contributed by atoms with van der Waals surface area (Å²) in [6.07, 6.45) is 0. The maximum absolute atomic E-state index is 13.2. The number of alkyl halides is 6. The summed E-state index contributed by atoms with van der Waals surface area (Å²) in [6, 6.07) is 6.10. The summed E-state index contributed by atoms with van der Waals surface area (Å²) >= 11 is 0. The van der Waals surface area contributed by atoms with E-state index in [0.29, 0.717) is 5.56 Å². The molecule has 1 aromatic heterocycles. The average molecular weight is 524 g/mol. The minimum absolute atomic E-state index is 0.0324. The molecule has 1 heterocycles. The molecule has 0 aliphatic carbocycles. The van der Waals surface area contributed by atoms with E-state index in [2.05, 4.69) is 12.7 Å². The number of halogens is 6. The maximum Gasteiger partial charge on any atom is 0.522 e. The van der Waals surface area contributed by atoms with Gasteiger partial charge in [-0.15, -0.1) is 0 Å². The van der Waals surface area contributed by atoms with Gasteiger partial charge in [-0.1, -0.05) is 29.8 Å². The van der Waals surface area contributed by atoms with Gasteiger partial charge in [0, 0.05) is 21.8 Å². The summed E-state index contributed by atoms with van der Waals surface area (Å²) in [7, 11) is -19.0. The van der Waals surface area contributed by atoms with Gasteiger partial charge in [0.05, 0.1) is 0 Å². The molecule has 0 atom stereocenters. The van der Waals surface area contributed by atoms with E-state index in [1.807, 2.05) is 0 Å². The molecule has 16 heteroatoms. The fourth-order valence-electron chi connectivity index (χ4n) is 2.57. The van der Waals surface area contributed by atoms with Crippen molar-refractivity contribution in [3.8, 4) is 0 Å². The number of aryl methyl sites for hydroxylation is 3. The molecule has 0 unspecified atom stereocenters. The van der Waals surface area contributed by atoms with Gasteiger partial charge in [-0.3, -0.25) is 12.7 Å². The summed E-state index contributed by atoms with van der Waals surface area (Å²) in [5, 5.41) is -1.28. The van der Waals surface area contributed by atoms with Crippen molar-refractivity contribution < 1.29 is 50.9 Å². The number of hydrogen-bond donors (Lipinski definition) is 0. The van der Waals surface area contributed by atoms with E-state index in [4.69, 9.17) is 0 Å². The Labute approximate surface area is 180 Å². The third-order valence-electron chi connectivity index (χ3n) is 3.91. The molecular weight excluding hydrogens is 508 g/mol. The van der Waals surface area contributed by atoms with E-state index in [1.165, 1.54) is 32.9 Å². The number of benzene rings is 1. The van der Waals surface area contributed by atoms with Crippen molar-refractivity contribution in [3.05, 3.63) is 53.3 Å². The van der Waals surface area contributed by atoms with E-state index in [-0.39, 0.29) is 11.4 Å². The van der Waals surface area contributed by atoms with Gasteiger partial charge in [0.1, 0.15) is 0 Å². The molecule has 32 heavy (non-hydrogen) atoms. The molecule has 7 nitrogen and oxygen atoms in total. The normalized spacial score (nSPS) is 13.9. The van der Waals surface area contributed by atoms with Gasteiger partial charge in [-0.2, -0.15) is 43.2 Å². The lowest BCUT2D eigenvalue weighted by atomic mass is 10.2. The van der Waals surface area contributed by atoms with Crippen LogP contribution in [0.1, 0.15) is 17.0 Å². The number of nitrogens with zero attached hydrogens (tertiary/aromatic N) is 1. The second kappa shape index (κ2) is 8.40. The van der Waals surface area contributed by atoms with E-state index >= 15 is 0 Å². The Balaban J connectivity index is 3.00. The van der Waals surface area contributed by atoms with E-state index in [0.717, 1.165) is 24.3 Å². The maximum atomic E-state index is 13.2. The van der Waals surface area contributed by atoms with Crippen molar-refractivity contribution in [2.24, 2.45) is 0 Å². The first-order valence-corrected chi connectivity index (χ1v) is 13.0. The zero-order valence-electron chi connectivity index (χ0n) is 16.4. The predicted molar refractivity (Wildman–Crippen MR) is 102 cm³/mol. The summed E-state index contributed by atoms with van der Waals surface area (Å²) in [4.78, 5) is 3.91. The van der Waals surface area contributed by atoms with Crippen LogP contribution < -0.4 is 10.4 Å². The van der Waals surface area contributed by atoms with Crippen molar-refractivity contribution in [2.75, 3.05) is 0 Å². The monoisotopic (exact) mass is 523 g/mol. The van der Waals surface area contributed by atoms with Crippen LogP contribution in [0.15, 0.2) is 36.4 Å². The quantitative estimate of drug-likeness (QED) is 0.326. The molecule has 0 fully saturated rings. The summed E-state index contributed by atoms with van der Waals surface area (Å²) in [6.45, 7) is 4.14.